The van der Waals surface area contributed by atoms with Gasteiger partial charge in [-0.3, -0.25) is 4.79 Å². The summed E-state index contributed by atoms with van der Waals surface area (Å²) in [7, 11) is 1.81. The first-order valence-corrected chi connectivity index (χ1v) is 11.0. The van der Waals surface area contributed by atoms with E-state index in [-0.39, 0.29) is 5.91 Å². The van der Waals surface area contributed by atoms with Crippen LogP contribution in [-0.2, 0) is 17.9 Å². The Kier molecular flexibility index (Phi) is 6.21. The molecule has 4 rings (SSSR count). The first kappa shape index (κ1) is 20.0. The van der Waals surface area contributed by atoms with Crippen LogP contribution in [-0.4, -0.2) is 38.4 Å². The molecule has 0 radical (unpaired) electrons. The highest BCUT2D eigenvalue weighted by atomic mass is 35.5. The lowest BCUT2D eigenvalue weighted by Crippen LogP contribution is -2.28. The molecule has 7 heteroatoms. The molecule has 0 N–H and O–H groups in total. The van der Waals surface area contributed by atoms with E-state index in [1.54, 1.807) is 4.90 Å². The maximum atomic E-state index is 12.6. The lowest BCUT2D eigenvalue weighted by molar-refractivity contribution is -0.127. The van der Waals surface area contributed by atoms with Crippen LogP contribution in [0.15, 0.2) is 59.8 Å². The fourth-order valence-corrected chi connectivity index (χ4v) is 4.30. The molecule has 0 atom stereocenters. The average molecular weight is 427 g/mol. The molecule has 1 fully saturated rings. The molecule has 0 saturated heterocycles. The first-order valence-electron chi connectivity index (χ1n) is 9.68. The SMILES string of the molecule is CN(Cc1cccc(Cl)c1)C(=O)CSc1nnc(C2CC2)n1Cc1ccccc1. The highest BCUT2D eigenvalue weighted by Crippen LogP contribution is 2.40. The van der Waals surface area contributed by atoms with Gasteiger partial charge in [-0.05, 0) is 36.1 Å². The van der Waals surface area contributed by atoms with E-state index in [2.05, 4.69) is 26.9 Å². The van der Waals surface area contributed by atoms with Crippen molar-refractivity contribution in [3.63, 3.8) is 0 Å². The molecule has 0 unspecified atom stereocenters. The summed E-state index contributed by atoms with van der Waals surface area (Å²) in [5.41, 5.74) is 2.22. The Bertz CT molecular complexity index is 987. The Labute approximate surface area is 180 Å². The van der Waals surface area contributed by atoms with E-state index in [9.17, 15) is 4.79 Å². The molecule has 1 amide bonds. The smallest absolute Gasteiger partial charge is 0.233 e. The summed E-state index contributed by atoms with van der Waals surface area (Å²) >= 11 is 7.49. The molecule has 29 heavy (non-hydrogen) atoms. The normalized spacial score (nSPS) is 13.4. The van der Waals surface area contributed by atoms with Crippen molar-refractivity contribution < 1.29 is 4.79 Å². The second-order valence-electron chi connectivity index (χ2n) is 7.36. The predicted molar refractivity (Wildman–Crippen MR) is 116 cm³/mol. The van der Waals surface area contributed by atoms with Gasteiger partial charge in [-0.1, -0.05) is 65.8 Å². The van der Waals surface area contributed by atoms with E-state index in [1.807, 2.05) is 49.5 Å². The van der Waals surface area contributed by atoms with Gasteiger partial charge in [0.15, 0.2) is 5.16 Å². The Balaban J connectivity index is 1.41. The topological polar surface area (TPSA) is 51.0 Å². The van der Waals surface area contributed by atoms with Gasteiger partial charge in [0, 0.05) is 24.5 Å². The maximum absolute atomic E-state index is 12.6. The van der Waals surface area contributed by atoms with Gasteiger partial charge in [0.25, 0.3) is 0 Å². The fraction of sp³-hybridized carbons (Fsp3) is 0.318. The van der Waals surface area contributed by atoms with Crippen LogP contribution >= 0.6 is 23.4 Å². The van der Waals surface area contributed by atoms with E-state index >= 15 is 0 Å². The molecule has 1 saturated carbocycles. The van der Waals surface area contributed by atoms with Gasteiger partial charge in [0.05, 0.1) is 12.3 Å². The molecule has 0 spiro atoms. The zero-order valence-electron chi connectivity index (χ0n) is 16.3. The number of hydrogen-bond donors (Lipinski definition) is 0. The molecule has 150 valence electrons. The van der Waals surface area contributed by atoms with Crippen molar-refractivity contribution in [2.24, 2.45) is 0 Å². The quantitative estimate of drug-likeness (QED) is 0.493. The molecule has 0 bridgehead atoms. The minimum Gasteiger partial charge on any atom is -0.341 e. The lowest BCUT2D eigenvalue weighted by atomic mass is 10.2. The maximum Gasteiger partial charge on any atom is 0.233 e. The summed E-state index contributed by atoms with van der Waals surface area (Å²) in [6.07, 6.45) is 2.33. The lowest BCUT2D eigenvalue weighted by Gasteiger charge is -2.17. The van der Waals surface area contributed by atoms with Gasteiger partial charge in [-0.15, -0.1) is 10.2 Å². The van der Waals surface area contributed by atoms with E-state index in [0.29, 0.717) is 23.2 Å². The van der Waals surface area contributed by atoms with Gasteiger partial charge in [0.1, 0.15) is 5.82 Å². The van der Waals surface area contributed by atoms with Crippen molar-refractivity contribution in [3.05, 3.63) is 76.6 Å². The Morgan fingerprint density at radius 3 is 2.62 bits per heavy atom. The van der Waals surface area contributed by atoms with Crippen LogP contribution in [0.1, 0.15) is 35.7 Å². The highest BCUT2D eigenvalue weighted by molar-refractivity contribution is 7.99. The van der Waals surface area contributed by atoms with Crippen molar-refractivity contribution >= 4 is 29.3 Å². The molecule has 2 aromatic carbocycles. The first-order chi connectivity index (χ1) is 14.1. The van der Waals surface area contributed by atoms with Gasteiger partial charge >= 0.3 is 0 Å². The number of thioether (sulfide) groups is 1. The highest BCUT2D eigenvalue weighted by Gasteiger charge is 2.30. The summed E-state index contributed by atoms with van der Waals surface area (Å²) in [6.45, 7) is 1.26. The number of amides is 1. The standard InChI is InChI=1S/C22H23ClN4OS/c1-26(13-17-8-5-9-19(23)12-17)20(28)15-29-22-25-24-21(18-10-11-18)27(22)14-16-6-3-2-4-7-16/h2-9,12,18H,10-11,13-15H2,1H3. The minimum atomic E-state index is 0.0530. The molecule has 1 aliphatic rings. The number of aromatic nitrogens is 3. The minimum absolute atomic E-state index is 0.0530. The number of rotatable bonds is 8. The van der Waals surface area contributed by atoms with Gasteiger partial charge in [-0.25, -0.2) is 0 Å². The Morgan fingerprint density at radius 1 is 1.14 bits per heavy atom. The number of hydrogen-bond acceptors (Lipinski definition) is 4. The number of halogens is 1. The molecule has 0 aliphatic heterocycles. The molecule has 1 aliphatic carbocycles. The van der Waals surface area contributed by atoms with E-state index in [4.69, 9.17) is 11.6 Å². The van der Waals surface area contributed by atoms with Gasteiger partial charge in [0.2, 0.25) is 5.91 Å². The molecule has 3 aromatic rings. The fourth-order valence-electron chi connectivity index (χ4n) is 3.20. The Hall–Kier alpha value is -2.31. The second kappa shape index (κ2) is 9.01. The summed E-state index contributed by atoms with van der Waals surface area (Å²) in [6, 6.07) is 17.9. The molecule has 1 aromatic heterocycles. The number of carbonyl (C=O) groups is 1. The van der Waals surface area contributed by atoms with Crippen molar-refractivity contribution in [2.75, 3.05) is 12.8 Å². The average Bonchev–Trinajstić information content (AvgIpc) is 3.49. The van der Waals surface area contributed by atoms with Crippen LogP contribution in [0.3, 0.4) is 0 Å². The summed E-state index contributed by atoms with van der Waals surface area (Å²) < 4.78 is 2.17. The molecule has 1 heterocycles. The van der Waals surface area contributed by atoms with Crippen molar-refractivity contribution in [2.45, 2.75) is 37.0 Å². The van der Waals surface area contributed by atoms with E-state index < -0.39 is 0 Å². The third kappa shape index (κ3) is 5.19. The zero-order chi connectivity index (χ0) is 20.2. The number of carbonyl (C=O) groups excluding carboxylic acids is 1. The Morgan fingerprint density at radius 2 is 1.90 bits per heavy atom. The second-order valence-corrected chi connectivity index (χ2v) is 8.73. The van der Waals surface area contributed by atoms with Crippen LogP contribution in [0, 0.1) is 0 Å². The van der Waals surface area contributed by atoms with E-state index in [1.165, 1.54) is 30.2 Å². The summed E-state index contributed by atoms with van der Waals surface area (Å²) in [5.74, 6) is 1.92. The van der Waals surface area contributed by atoms with Crippen LogP contribution in [0.5, 0.6) is 0 Å². The van der Waals surface area contributed by atoms with Crippen molar-refractivity contribution in [1.29, 1.82) is 0 Å². The molecule has 5 nitrogen and oxygen atoms in total. The van der Waals surface area contributed by atoms with Crippen LogP contribution in [0.2, 0.25) is 5.02 Å². The summed E-state index contributed by atoms with van der Waals surface area (Å²) in [4.78, 5) is 14.4. The van der Waals surface area contributed by atoms with Gasteiger partial charge < -0.3 is 9.47 Å². The summed E-state index contributed by atoms with van der Waals surface area (Å²) in [5, 5.41) is 10.3. The van der Waals surface area contributed by atoms with Crippen molar-refractivity contribution in [1.82, 2.24) is 19.7 Å². The monoisotopic (exact) mass is 426 g/mol. The van der Waals surface area contributed by atoms with Gasteiger partial charge in [-0.2, -0.15) is 0 Å². The van der Waals surface area contributed by atoms with Crippen LogP contribution in [0.4, 0.5) is 0 Å². The number of benzene rings is 2. The third-order valence-corrected chi connectivity index (χ3v) is 6.12. The number of nitrogens with zero attached hydrogens (tertiary/aromatic N) is 4. The zero-order valence-corrected chi connectivity index (χ0v) is 17.9. The third-order valence-electron chi connectivity index (χ3n) is 4.93. The van der Waals surface area contributed by atoms with Crippen LogP contribution in [0.25, 0.3) is 0 Å². The molecular weight excluding hydrogens is 404 g/mol. The van der Waals surface area contributed by atoms with E-state index in [0.717, 1.165) is 23.1 Å². The largest absolute Gasteiger partial charge is 0.341 e. The molecular formula is C22H23ClN4OS. The predicted octanol–water partition coefficient (Wildman–Crippen LogP) is 4.61. The van der Waals surface area contributed by atoms with Crippen LogP contribution < -0.4 is 0 Å². The van der Waals surface area contributed by atoms with Crippen molar-refractivity contribution in [3.8, 4) is 0 Å².